The molecule has 1 atom stereocenters. The van der Waals surface area contributed by atoms with Crippen LogP contribution in [0.5, 0.6) is 0 Å². The van der Waals surface area contributed by atoms with Gasteiger partial charge in [0.2, 0.25) is 0 Å². The molecule has 0 aliphatic carbocycles. The van der Waals surface area contributed by atoms with Gasteiger partial charge in [-0.15, -0.1) is 0 Å². The summed E-state index contributed by atoms with van der Waals surface area (Å²) in [5.41, 5.74) is 2.59. The second kappa shape index (κ2) is 5.78. The third kappa shape index (κ3) is 2.70. The molecular weight excluding hydrogens is 352 g/mol. The van der Waals surface area contributed by atoms with Gasteiger partial charge >= 0.3 is 0 Å². The number of nitrogens with zero attached hydrogens (tertiary/aromatic N) is 2. The fourth-order valence-electron chi connectivity index (χ4n) is 2.70. The van der Waals surface area contributed by atoms with Gasteiger partial charge in [0.25, 0.3) is 5.91 Å². The average Bonchev–Trinajstić information content (AvgIpc) is 2.49. The number of para-hydroxylation sites is 1. The maximum atomic E-state index is 12.9. The summed E-state index contributed by atoms with van der Waals surface area (Å²) in [7, 11) is 0. The van der Waals surface area contributed by atoms with E-state index in [-0.39, 0.29) is 17.1 Å². The van der Waals surface area contributed by atoms with Crippen molar-refractivity contribution in [1.29, 1.82) is 0 Å². The first-order valence-electron chi connectivity index (χ1n) is 6.80. The van der Waals surface area contributed by atoms with E-state index in [1.165, 1.54) is 5.56 Å². The summed E-state index contributed by atoms with van der Waals surface area (Å²) in [6.07, 6.45) is 3.53. The van der Waals surface area contributed by atoms with E-state index in [0.29, 0.717) is 5.56 Å². The molecule has 1 unspecified atom stereocenters. The number of benzene rings is 1. The van der Waals surface area contributed by atoms with Crippen molar-refractivity contribution in [3.63, 3.8) is 0 Å². The lowest BCUT2D eigenvalue weighted by molar-refractivity contribution is 0.0975. The van der Waals surface area contributed by atoms with Crippen LogP contribution in [0, 0.1) is 0 Å². The van der Waals surface area contributed by atoms with Crippen molar-refractivity contribution in [2.75, 3.05) is 4.90 Å². The van der Waals surface area contributed by atoms with E-state index in [0.717, 1.165) is 23.0 Å². The first kappa shape index (κ1) is 14.5. The Kier molecular flexibility index (Phi) is 4.00. The number of fused-ring (bicyclic) bond motifs is 1. The summed E-state index contributed by atoms with van der Waals surface area (Å²) < 4.78 is 0.744. The molecule has 2 heterocycles. The van der Waals surface area contributed by atoms with Crippen LogP contribution in [0.3, 0.4) is 0 Å². The van der Waals surface area contributed by atoms with Gasteiger partial charge in [-0.3, -0.25) is 4.79 Å². The van der Waals surface area contributed by atoms with Crippen molar-refractivity contribution >= 4 is 39.1 Å². The zero-order valence-electron chi connectivity index (χ0n) is 11.5. The van der Waals surface area contributed by atoms with E-state index in [9.17, 15) is 4.79 Å². The zero-order valence-corrected chi connectivity index (χ0v) is 13.9. The second-order valence-electron chi connectivity index (χ2n) is 5.18. The molecule has 1 aromatic heterocycles. The van der Waals surface area contributed by atoms with Crippen molar-refractivity contribution in [3.05, 3.63) is 57.3 Å². The predicted octanol–water partition coefficient (Wildman–Crippen LogP) is 4.48. The molecule has 3 nitrogen and oxygen atoms in total. The van der Waals surface area contributed by atoms with Crippen molar-refractivity contribution in [3.8, 4) is 0 Å². The fraction of sp³-hybridized carbons (Fsp3) is 0.250. The largest absolute Gasteiger partial charge is 0.305 e. The standard InChI is InChI=1S/C16H14BrClN2O/c1-10-6-7-11-4-2-3-5-14(11)20(10)16(21)13-8-12(17)9-19-15(13)18/h2-5,8-10H,6-7H2,1H3. The molecule has 0 saturated carbocycles. The van der Waals surface area contributed by atoms with Crippen molar-refractivity contribution in [1.82, 2.24) is 4.98 Å². The van der Waals surface area contributed by atoms with Gasteiger partial charge < -0.3 is 4.90 Å². The molecule has 0 saturated heterocycles. The Morgan fingerprint density at radius 1 is 1.43 bits per heavy atom. The normalized spacial score (nSPS) is 17.5. The van der Waals surface area contributed by atoms with Crippen LogP contribution >= 0.6 is 27.5 Å². The van der Waals surface area contributed by atoms with Gasteiger partial charge in [-0.25, -0.2) is 4.98 Å². The van der Waals surface area contributed by atoms with E-state index in [1.807, 2.05) is 23.1 Å². The summed E-state index contributed by atoms with van der Waals surface area (Å²) in [5, 5.41) is 0.235. The van der Waals surface area contributed by atoms with E-state index >= 15 is 0 Å². The average molecular weight is 366 g/mol. The van der Waals surface area contributed by atoms with Crippen LogP contribution in [0.4, 0.5) is 5.69 Å². The van der Waals surface area contributed by atoms with Crippen LogP contribution in [0.25, 0.3) is 0 Å². The molecule has 0 fully saturated rings. The van der Waals surface area contributed by atoms with Crippen LogP contribution in [0.15, 0.2) is 41.0 Å². The van der Waals surface area contributed by atoms with Crippen molar-refractivity contribution < 1.29 is 4.79 Å². The Hall–Kier alpha value is -1.39. The number of aryl methyl sites for hydroxylation is 1. The molecule has 2 aromatic rings. The highest BCUT2D eigenvalue weighted by Crippen LogP contribution is 2.33. The van der Waals surface area contributed by atoms with Gasteiger partial charge in [-0.05, 0) is 53.4 Å². The van der Waals surface area contributed by atoms with Gasteiger partial charge in [-0.1, -0.05) is 29.8 Å². The summed E-state index contributed by atoms with van der Waals surface area (Å²) in [4.78, 5) is 18.8. The molecule has 0 radical (unpaired) electrons. The number of amides is 1. The Morgan fingerprint density at radius 3 is 3.00 bits per heavy atom. The molecule has 0 N–H and O–H groups in total. The Balaban J connectivity index is 2.07. The van der Waals surface area contributed by atoms with E-state index in [2.05, 4.69) is 33.9 Å². The van der Waals surface area contributed by atoms with Crippen molar-refractivity contribution in [2.45, 2.75) is 25.8 Å². The lowest BCUT2D eigenvalue weighted by Crippen LogP contribution is -2.42. The topological polar surface area (TPSA) is 33.2 Å². The highest BCUT2D eigenvalue weighted by molar-refractivity contribution is 9.10. The Labute approximate surface area is 137 Å². The highest BCUT2D eigenvalue weighted by atomic mass is 79.9. The minimum atomic E-state index is -0.103. The number of hydrogen-bond donors (Lipinski definition) is 0. The molecule has 5 heteroatoms. The second-order valence-corrected chi connectivity index (χ2v) is 6.46. The zero-order chi connectivity index (χ0) is 15.0. The summed E-state index contributed by atoms with van der Waals surface area (Å²) in [5.74, 6) is -0.103. The first-order chi connectivity index (χ1) is 10.1. The van der Waals surface area contributed by atoms with Gasteiger partial charge in [0, 0.05) is 22.4 Å². The van der Waals surface area contributed by atoms with Crippen LogP contribution in [-0.4, -0.2) is 16.9 Å². The lowest BCUT2D eigenvalue weighted by Gasteiger charge is -2.35. The Bertz CT molecular complexity index is 704. The number of hydrogen-bond acceptors (Lipinski definition) is 2. The van der Waals surface area contributed by atoms with E-state index in [4.69, 9.17) is 11.6 Å². The van der Waals surface area contributed by atoms with Gasteiger partial charge in [0.05, 0.1) is 5.56 Å². The maximum Gasteiger partial charge on any atom is 0.261 e. The molecule has 0 bridgehead atoms. The number of carbonyl (C=O) groups is 1. The summed E-state index contributed by atoms with van der Waals surface area (Å²) >= 11 is 9.45. The van der Waals surface area contributed by atoms with Crippen molar-refractivity contribution in [2.24, 2.45) is 0 Å². The van der Waals surface area contributed by atoms with Crippen LogP contribution in [0.2, 0.25) is 5.15 Å². The molecule has 108 valence electrons. The van der Waals surface area contributed by atoms with E-state index in [1.54, 1.807) is 12.3 Å². The number of halogens is 2. The number of carbonyl (C=O) groups excluding carboxylic acids is 1. The first-order valence-corrected chi connectivity index (χ1v) is 7.97. The van der Waals surface area contributed by atoms with Gasteiger partial charge in [0.1, 0.15) is 5.15 Å². The number of aromatic nitrogens is 1. The quantitative estimate of drug-likeness (QED) is 0.698. The minimum absolute atomic E-state index is 0.103. The highest BCUT2D eigenvalue weighted by Gasteiger charge is 2.30. The van der Waals surface area contributed by atoms with Gasteiger partial charge in [-0.2, -0.15) is 0 Å². The predicted molar refractivity (Wildman–Crippen MR) is 88.0 cm³/mol. The molecule has 3 rings (SSSR count). The fourth-order valence-corrected chi connectivity index (χ4v) is 3.22. The molecule has 1 aromatic carbocycles. The number of anilines is 1. The van der Waals surface area contributed by atoms with Gasteiger partial charge in [0.15, 0.2) is 0 Å². The number of rotatable bonds is 1. The smallest absolute Gasteiger partial charge is 0.261 e. The lowest BCUT2D eigenvalue weighted by atomic mass is 9.96. The molecular formula is C16H14BrClN2O. The third-order valence-corrected chi connectivity index (χ3v) is 4.51. The summed E-state index contributed by atoms with van der Waals surface area (Å²) in [6.45, 7) is 2.06. The molecule has 1 aliphatic rings. The monoisotopic (exact) mass is 364 g/mol. The molecule has 1 amide bonds. The van der Waals surface area contributed by atoms with Crippen LogP contribution in [0.1, 0.15) is 29.3 Å². The minimum Gasteiger partial charge on any atom is -0.305 e. The molecule has 21 heavy (non-hydrogen) atoms. The van der Waals surface area contributed by atoms with Crippen LogP contribution in [-0.2, 0) is 6.42 Å². The molecule has 0 spiro atoms. The van der Waals surface area contributed by atoms with E-state index < -0.39 is 0 Å². The third-order valence-electron chi connectivity index (χ3n) is 3.78. The van der Waals surface area contributed by atoms with Crippen LogP contribution < -0.4 is 4.90 Å². The maximum absolute atomic E-state index is 12.9. The Morgan fingerprint density at radius 2 is 2.19 bits per heavy atom. The number of pyridine rings is 1. The molecule has 1 aliphatic heterocycles. The SMILES string of the molecule is CC1CCc2ccccc2N1C(=O)c1cc(Br)cnc1Cl. The summed E-state index contributed by atoms with van der Waals surface area (Å²) in [6, 6.07) is 9.89.